The van der Waals surface area contributed by atoms with Crippen LogP contribution in [0.4, 0.5) is 0 Å². The Bertz CT molecular complexity index is 1010. The summed E-state index contributed by atoms with van der Waals surface area (Å²) in [5, 5.41) is 12.3. The highest BCUT2D eigenvalue weighted by molar-refractivity contribution is 8.00. The Balaban J connectivity index is 1.74. The number of thioether (sulfide) groups is 1. The van der Waals surface area contributed by atoms with Gasteiger partial charge < -0.3 is 10.1 Å². The number of aryl methyl sites for hydroxylation is 1. The van der Waals surface area contributed by atoms with Gasteiger partial charge in [0.2, 0.25) is 5.91 Å². The molecule has 1 atom stereocenters. The average Bonchev–Trinajstić information content (AvgIpc) is 3.46. The third-order valence-corrected chi connectivity index (χ3v) is 5.89. The summed E-state index contributed by atoms with van der Waals surface area (Å²) in [7, 11) is 1.64. The molecule has 1 N–H and O–H groups in total. The first kappa shape index (κ1) is 19.5. The highest BCUT2D eigenvalue weighted by Gasteiger charge is 2.28. The molecule has 0 saturated heterocycles. The third kappa shape index (κ3) is 4.29. The fraction of sp³-hybridized carbons (Fsp3) is 0.318. The molecule has 7 heteroatoms. The summed E-state index contributed by atoms with van der Waals surface area (Å²) in [6.45, 7) is 3.95. The van der Waals surface area contributed by atoms with Gasteiger partial charge in [-0.15, -0.1) is 10.2 Å². The molecule has 0 spiro atoms. The van der Waals surface area contributed by atoms with E-state index in [2.05, 4.69) is 34.6 Å². The molecule has 1 unspecified atom stereocenters. The average molecular weight is 409 g/mol. The van der Waals surface area contributed by atoms with Crippen molar-refractivity contribution in [3.8, 4) is 22.8 Å². The fourth-order valence-corrected chi connectivity index (χ4v) is 3.91. The van der Waals surface area contributed by atoms with E-state index in [4.69, 9.17) is 4.74 Å². The zero-order chi connectivity index (χ0) is 20.4. The maximum atomic E-state index is 12.5. The fourth-order valence-electron chi connectivity index (χ4n) is 3.03. The molecule has 1 heterocycles. The summed E-state index contributed by atoms with van der Waals surface area (Å²) in [6, 6.07) is 16.3. The summed E-state index contributed by atoms with van der Waals surface area (Å²) in [6.07, 6.45) is 2.14. The second-order valence-electron chi connectivity index (χ2n) is 7.22. The van der Waals surface area contributed by atoms with Crippen LogP contribution in [0.15, 0.2) is 53.7 Å². The van der Waals surface area contributed by atoms with Gasteiger partial charge in [0.05, 0.1) is 17.9 Å². The molecule has 1 aliphatic rings. The predicted molar refractivity (Wildman–Crippen MR) is 115 cm³/mol. The summed E-state index contributed by atoms with van der Waals surface area (Å²) < 4.78 is 7.53. The van der Waals surface area contributed by atoms with E-state index in [-0.39, 0.29) is 11.2 Å². The van der Waals surface area contributed by atoms with E-state index in [1.54, 1.807) is 7.11 Å². The molecule has 1 saturated carbocycles. The number of ether oxygens (including phenoxy) is 1. The van der Waals surface area contributed by atoms with Crippen LogP contribution >= 0.6 is 11.8 Å². The minimum Gasteiger partial charge on any atom is -0.496 e. The molecule has 29 heavy (non-hydrogen) atoms. The number of benzene rings is 2. The van der Waals surface area contributed by atoms with Crippen LogP contribution in [0.1, 0.15) is 25.3 Å². The summed E-state index contributed by atoms with van der Waals surface area (Å²) in [5.74, 6) is 1.45. The second kappa shape index (κ2) is 8.29. The molecule has 1 aromatic heterocycles. The number of rotatable bonds is 7. The Morgan fingerprint density at radius 2 is 1.90 bits per heavy atom. The third-order valence-electron chi connectivity index (χ3n) is 4.85. The molecule has 0 bridgehead atoms. The highest BCUT2D eigenvalue weighted by Crippen LogP contribution is 2.34. The quantitative estimate of drug-likeness (QED) is 0.598. The van der Waals surface area contributed by atoms with Crippen LogP contribution in [0.3, 0.4) is 0 Å². The topological polar surface area (TPSA) is 69.0 Å². The molecular formula is C22H24N4O2S. The van der Waals surface area contributed by atoms with E-state index in [0.29, 0.717) is 17.0 Å². The van der Waals surface area contributed by atoms with Gasteiger partial charge in [-0.25, -0.2) is 0 Å². The van der Waals surface area contributed by atoms with Crippen molar-refractivity contribution in [3.63, 3.8) is 0 Å². The van der Waals surface area contributed by atoms with Crippen molar-refractivity contribution in [1.29, 1.82) is 0 Å². The number of hydrogen-bond acceptors (Lipinski definition) is 5. The molecule has 0 aliphatic heterocycles. The standard InChI is InChI=1S/C22H24N4O2S/c1-14-8-12-17(13-9-14)26-20(18-6-4-5-7-19(18)28-3)24-25-22(26)29-15(2)21(27)23-16-10-11-16/h4-9,12-13,15-16H,10-11H2,1-3H3,(H,23,27). The Labute approximate surface area is 174 Å². The van der Waals surface area contributed by atoms with Gasteiger partial charge in [-0.2, -0.15) is 0 Å². The van der Waals surface area contributed by atoms with Crippen LogP contribution in [0, 0.1) is 6.92 Å². The first-order valence-corrected chi connectivity index (χ1v) is 10.6. The van der Waals surface area contributed by atoms with Gasteiger partial charge in [0.15, 0.2) is 11.0 Å². The number of carbonyl (C=O) groups excluding carboxylic acids is 1. The maximum absolute atomic E-state index is 12.5. The van der Waals surface area contributed by atoms with Crippen LogP contribution in [-0.2, 0) is 4.79 Å². The van der Waals surface area contributed by atoms with Crippen molar-refractivity contribution in [2.24, 2.45) is 0 Å². The molecule has 1 amide bonds. The van der Waals surface area contributed by atoms with Gasteiger partial charge in [0, 0.05) is 11.7 Å². The lowest BCUT2D eigenvalue weighted by Gasteiger charge is -2.15. The Kier molecular flexibility index (Phi) is 5.58. The molecule has 2 aromatic carbocycles. The SMILES string of the molecule is COc1ccccc1-c1nnc(SC(C)C(=O)NC2CC2)n1-c1ccc(C)cc1. The van der Waals surface area contributed by atoms with Gasteiger partial charge in [-0.05, 0) is 51.0 Å². The number of aromatic nitrogens is 3. The minimum absolute atomic E-state index is 0.0368. The van der Waals surface area contributed by atoms with Crippen LogP contribution in [-0.4, -0.2) is 39.1 Å². The van der Waals surface area contributed by atoms with Gasteiger partial charge in [0.1, 0.15) is 5.75 Å². The van der Waals surface area contributed by atoms with Crippen LogP contribution in [0.2, 0.25) is 0 Å². The Hall–Kier alpha value is -2.80. The van der Waals surface area contributed by atoms with Crippen LogP contribution in [0.25, 0.3) is 17.1 Å². The van der Waals surface area contributed by atoms with E-state index in [1.807, 2.05) is 47.9 Å². The van der Waals surface area contributed by atoms with Gasteiger partial charge in [-0.1, -0.05) is 41.6 Å². The molecule has 1 fully saturated rings. The number of nitrogens with zero attached hydrogens (tertiary/aromatic N) is 3. The highest BCUT2D eigenvalue weighted by atomic mass is 32.2. The van der Waals surface area contributed by atoms with Crippen molar-refractivity contribution in [3.05, 3.63) is 54.1 Å². The van der Waals surface area contributed by atoms with Gasteiger partial charge >= 0.3 is 0 Å². The lowest BCUT2D eigenvalue weighted by molar-refractivity contribution is -0.120. The molecule has 150 valence electrons. The van der Waals surface area contributed by atoms with Crippen molar-refractivity contribution < 1.29 is 9.53 Å². The maximum Gasteiger partial charge on any atom is 0.233 e. The Morgan fingerprint density at radius 3 is 2.59 bits per heavy atom. The zero-order valence-electron chi connectivity index (χ0n) is 16.8. The summed E-state index contributed by atoms with van der Waals surface area (Å²) >= 11 is 1.41. The number of carbonyl (C=O) groups is 1. The van der Waals surface area contributed by atoms with Gasteiger partial charge in [-0.3, -0.25) is 9.36 Å². The first-order valence-electron chi connectivity index (χ1n) is 9.69. The molecule has 6 nitrogen and oxygen atoms in total. The van der Waals surface area contributed by atoms with Crippen molar-refractivity contribution >= 4 is 17.7 Å². The largest absolute Gasteiger partial charge is 0.496 e. The first-order chi connectivity index (χ1) is 14.1. The second-order valence-corrected chi connectivity index (χ2v) is 8.53. The molecule has 1 aliphatic carbocycles. The molecule has 0 radical (unpaired) electrons. The number of methoxy groups -OCH3 is 1. The zero-order valence-corrected chi connectivity index (χ0v) is 17.6. The monoisotopic (exact) mass is 408 g/mol. The lowest BCUT2D eigenvalue weighted by atomic mass is 10.1. The summed E-state index contributed by atoms with van der Waals surface area (Å²) in [5.41, 5.74) is 2.97. The van der Waals surface area contributed by atoms with Crippen molar-refractivity contribution in [1.82, 2.24) is 20.1 Å². The minimum atomic E-state index is -0.269. The smallest absolute Gasteiger partial charge is 0.233 e. The van der Waals surface area contributed by atoms with Crippen molar-refractivity contribution in [2.75, 3.05) is 7.11 Å². The molecular weight excluding hydrogens is 384 g/mol. The van der Waals surface area contributed by atoms with E-state index >= 15 is 0 Å². The predicted octanol–water partition coefficient (Wildman–Crippen LogP) is 4.01. The van der Waals surface area contributed by atoms with E-state index in [1.165, 1.54) is 17.3 Å². The van der Waals surface area contributed by atoms with Crippen LogP contribution in [0.5, 0.6) is 5.75 Å². The van der Waals surface area contributed by atoms with E-state index < -0.39 is 0 Å². The lowest BCUT2D eigenvalue weighted by Crippen LogP contribution is -2.32. The Morgan fingerprint density at radius 1 is 1.17 bits per heavy atom. The molecule has 3 aromatic rings. The normalized spacial score (nSPS) is 14.4. The number of nitrogens with one attached hydrogen (secondary N) is 1. The molecule has 4 rings (SSSR count). The van der Waals surface area contributed by atoms with E-state index in [9.17, 15) is 4.79 Å². The van der Waals surface area contributed by atoms with Crippen molar-refractivity contribution in [2.45, 2.75) is 43.1 Å². The van der Waals surface area contributed by atoms with Gasteiger partial charge in [0.25, 0.3) is 0 Å². The summed E-state index contributed by atoms with van der Waals surface area (Å²) in [4.78, 5) is 12.5. The number of hydrogen-bond donors (Lipinski definition) is 1. The van der Waals surface area contributed by atoms with Crippen LogP contribution < -0.4 is 10.1 Å². The number of para-hydroxylation sites is 1. The van der Waals surface area contributed by atoms with E-state index in [0.717, 1.165) is 29.8 Å². The number of amides is 1.